The lowest BCUT2D eigenvalue weighted by molar-refractivity contribution is 0.145. The van der Waals surface area contributed by atoms with Gasteiger partial charge in [-0.2, -0.15) is 0 Å². The van der Waals surface area contributed by atoms with Gasteiger partial charge in [-0.3, -0.25) is 4.98 Å². The van der Waals surface area contributed by atoms with E-state index in [-0.39, 0.29) is 6.10 Å². The van der Waals surface area contributed by atoms with Crippen molar-refractivity contribution in [3.8, 4) is 0 Å². The first-order chi connectivity index (χ1) is 7.31. The number of pyridine rings is 1. The molecule has 15 heavy (non-hydrogen) atoms. The Hall–Kier alpha value is -1.13. The SMILES string of the molecule is NCc1ccncc1N1CCC(O)CC1. The highest BCUT2D eigenvalue weighted by molar-refractivity contribution is 5.51. The molecule has 0 aromatic carbocycles. The molecule has 3 N–H and O–H groups in total. The first kappa shape index (κ1) is 10.4. The Morgan fingerprint density at radius 1 is 1.47 bits per heavy atom. The molecule has 0 radical (unpaired) electrons. The van der Waals surface area contributed by atoms with Crippen LogP contribution in [-0.4, -0.2) is 29.3 Å². The number of hydrogen-bond acceptors (Lipinski definition) is 4. The molecule has 0 unspecified atom stereocenters. The van der Waals surface area contributed by atoms with Gasteiger partial charge in [-0.1, -0.05) is 0 Å². The van der Waals surface area contributed by atoms with Gasteiger partial charge in [0.15, 0.2) is 0 Å². The number of aliphatic hydroxyl groups excluding tert-OH is 1. The smallest absolute Gasteiger partial charge is 0.0598 e. The van der Waals surface area contributed by atoms with Gasteiger partial charge in [0.05, 0.1) is 18.0 Å². The van der Waals surface area contributed by atoms with Crippen LogP contribution in [0.1, 0.15) is 18.4 Å². The van der Waals surface area contributed by atoms with E-state index in [4.69, 9.17) is 5.73 Å². The average Bonchev–Trinajstić information content (AvgIpc) is 2.30. The topological polar surface area (TPSA) is 62.4 Å². The van der Waals surface area contributed by atoms with Crippen LogP contribution in [0.2, 0.25) is 0 Å². The van der Waals surface area contributed by atoms with Crippen LogP contribution in [0.15, 0.2) is 18.5 Å². The second-order valence-corrected chi connectivity index (χ2v) is 3.93. The number of rotatable bonds is 2. The largest absolute Gasteiger partial charge is 0.393 e. The fourth-order valence-electron chi connectivity index (χ4n) is 1.98. The van der Waals surface area contributed by atoms with Gasteiger partial charge in [0.1, 0.15) is 0 Å². The summed E-state index contributed by atoms with van der Waals surface area (Å²) in [5.41, 5.74) is 7.92. The lowest BCUT2D eigenvalue weighted by Crippen LogP contribution is -2.36. The first-order valence-electron chi connectivity index (χ1n) is 5.37. The molecule has 1 aromatic heterocycles. The molecule has 2 heterocycles. The number of nitrogens with zero attached hydrogens (tertiary/aromatic N) is 2. The molecule has 82 valence electrons. The molecular weight excluding hydrogens is 190 g/mol. The summed E-state index contributed by atoms with van der Waals surface area (Å²) in [6.07, 6.45) is 5.15. The summed E-state index contributed by atoms with van der Waals surface area (Å²) in [6, 6.07) is 1.96. The molecule has 4 nitrogen and oxygen atoms in total. The van der Waals surface area contributed by atoms with Gasteiger partial charge in [0, 0.05) is 25.8 Å². The third-order valence-corrected chi connectivity index (χ3v) is 2.91. The second-order valence-electron chi connectivity index (χ2n) is 3.93. The van der Waals surface area contributed by atoms with Crippen molar-refractivity contribution in [2.45, 2.75) is 25.5 Å². The zero-order valence-corrected chi connectivity index (χ0v) is 8.76. The minimum atomic E-state index is -0.140. The summed E-state index contributed by atoms with van der Waals surface area (Å²) in [5, 5.41) is 9.43. The molecule has 0 amide bonds. The molecule has 0 atom stereocenters. The van der Waals surface area contributed by atoms with Gasteiger partial charge in [-0.05, 0) is 24.5 Å². The van der Waals surface area contributed by atoms with E-state index in [2.05, 4.69) is 9.88 Å². The molecular formula is C11H17N3O. The number of nitrogens with two attached hydrogens (primary N) is 1. The summed E-state index contributed by atoms with van der Waals surface area (Å²) < 4.78 is 0. The highest BCUT2D eigenvalue weighted by atomic mass is 16.3. The van der Waals surface area contributed by atoms with Gasteiger partial charge in [-0.25, -0.2) is 0 Å². The van der Waals surface area contributed by atoms with Crippen LogP contribution in [0.5, 0.6) is 0 Å². The van der Waals surface area contributed by atoms with Gasteiger partial charge in [0.2, 0.25) is 0 Å². The Labute approximate surface area is 89.7 Å². The normalized spacial score (nSPS) is 18.1. The Kier molecular flexibility index (Phi) is 3.18. The zero-order valence-electron chi connectivity index (χ0n) is 8.76. The molecule has 2 rings (SSSR count). The molecule has 0 aliphatic carbocycles. The monoisotopic (exact) mass is 207 g/mol. The summed E-state index contributed by atoms with van der Waals surface area (Å²) in [7, 11) is 0. The van der Waals surface area contributed by atoms with Crippen LogP contribution in [0.25, 0.3) is 0 Å². The van der Waals surface area contributed by atoms with Crippen molar-refractivity contribution in [1.82, 2.24) is 4.98 Å². The minimum absolute atomic E-state index is 0.140. The van der Waals surface area contributed by atoms with Crippen LogP contribution >= 0.6 is 0 Å². The third kappa shape index (κ3) is 2.27. The second kappa shape index (κ2) is 4.59. The van der Waals surface area contributed by atoms with Crippen molar-refractivity contribution < 1.29 is 5.11 Å². The summed E-state index contributed by atoms with van der Waals surface area (Å²) in [4.78, 5) is 6.38. The molecule has 1 saturated heterocycles. The standard InChI is InChI=1S/C11H17N3O/c12-7-9-1-4-13-8-11(9)14-5-2-10(15)3-6-14/h1,4,8,10,15H,2-3,5-7,12H2. The molecule has 1 aliphatic heterocycles. The number of hydrogen-bond donors (Lipinski definition) is 2. The fraction of sp³-hybridized carbons (Fsp3) is 0.545. The van der Waals surface area contributed by atoms with E-state index in [1.54, 1.807) is 6.20 Å². The van der Waals surface area contributed by atoms with Crippen molar-refractivity contribution >= 4 is 5.69 Å². The highest BCUT2D eigenvalue weighted by Crippen LogP contribution is 2.22. The van der Waals surface area contributed by atoms with Crippen LogP contribution in [0.3, 0.4) is 0 Å². The van der Waals surface area contributed by atoms with E-state index in [0.29, 0.717) is 6.54 Å². The maximum atomic E-state index is 9.43. The molecule has 0 spiro atoms. The predicted octanol–water partition coefficient (Wildman–Crippen LogP) is 0.501. The average molecular weight is 207 g/mol. The van der Waals surface area contributed by atoms with Crippen LogP contribution in [0.4, 0.5) is 5.69 Å². The lowest BCUT2D eigenvalue weighted by atomic mass is 10.1. The Morgan fingerprint density at radius 3 is 2.87 bits per heavy atom. The molecule has 4 heteroatoms. The van der Waals surface area contributed by atoms with E-state index in [1.165, 1.54) is 0 Å². The van der Waals surface area contributed by atoms with E-state index in [0.717, 1.165) is 37.2 Å². The molecule has 1 fully saturated rings. The van der Waals surface area contributed by atoms with E-state index >= 15 is 0 Å². The summed E-state index contributed by atoms with van der Waals surface area (Å²) in [5.74, 6) is 0. The fourth-order valence-corrected chi connectivity index (χ4v) is 1.98. The Balaban J connectivity index is 2.15. The lowest BCUT2D eigenvalue weighted by Gasteiger charge is -2.32. The highest BCUT2D eigenvalue weighted by Gasteiger charge is 2.18. The number of aliphatic hydroxyl groups is 1. The molecule has 1 aromatic rings. The maximum absolute atomic E-state index is 9.43. The number of aromatic nitrogens is 1. The third-order valence-electron chi connectivity index (χ3n) is 2.91. The maximum Gasteiger partial charge on any atom is 0.0598 e. The Morgan fingerprint density at radius 2 is 2.20 bits per heavy atom. The van der Waals surface area contributed by atoms with Crippen molar-refractivity contribution in [3.05, 3.63) is 24.0 Å². The van der Waals surface area contributed by atoms with E-state index in [1.807, 2.05) is 12.3 Å². The van der Waals surface area contributed by atoms with Crippen molar-refractivity contribution in [2.24, 2.45) is 5.73 Å². The van der Waals surface area contributed by atoms with E-state index < -0.39 is 0 Å². The Bertz CT molecular complexity index is 321. The van der Waals surface area contributed by atoms with Gasteiger partial charge in [0.25, 0.3) is 0 Å². The molecule has 0 bridgehead atoms. The number of piperidine rings is 1. The molecule has 1 aliphatic rings. The quantitative estimate of drug-likeness (QED) is 0.741. The van der Waals surface area contributed by atoms with Crippen LogP contribution in [-0.2, 0) is 6.54 Å². The van der Waals surface area contributed by atoms with Gasteiger partial charge < -0.3 is 15.7 Å². The van der Waals surface area contributed by atoms with Crippen molar-refractivity contribution in [2.75, 3.05) is 18.0 Å². The number of anilines is 1. The van der Waals surface area contributed by atoms with Gasteiger partial charge in [-0.15, -0.1) is 0 Å². The van der Waals surface area contributed by atoms with E-state index in [9.17, 15) is 5.11 Å². The summed E-state index contributed by atoms with van der Waals surface area (Å²) >= 11 is 0. The first-order valence-corrected chi connectivity index (χ1v) is 5.37. The van der Waals surface area contributed by atoms with Crippen molar-refractivity contribution in [1.29, 1.82) is 0 Å². The van der Waals surface area contributed by atoms with Crippen molar-refractivity contribution in [3.63, 3.8) is 0 Å². The van der Waals surface area contributed by atoms with Gasteiger partial charge >= 0.3 is 0 Å². The predicted molar refractivity (Wildman–Crippen MR) is 59.6 cm³/mol. The molecule has 0 saturated carbocycles. The summed E-state index contributed by atoms with van der Waals surface area (Å²) in [6.45, 7) is 2.32. The zero-order chi connectivity index (χ0) is 10.7. The van der Waals surface area contributed by atoms with Crippen LogP contribution < -0.4 is 10.6 Å². The minimum Gasteiger partial charge on any atom is -0.393 e. The van der Waals surface area contributed by atoms with Crippen LogP contribution in [0, 0.1) is 0 Å².